The first-order chi connectivity index (χ1) is 16.6. The van der Waals surface area contributed by atoms with Crippen LogP contribution in [0.5, 0.6) is 0 Å². The van der Waals surface area contributed by atoms with Gasteiger partial charge in [0.05, 0.1) is 17.6 Å². The van der Waals surface area contributed by atoms with Crippen molar-refractivity contribution in [2.24, 2.45) is 17.6 Å². The van der Waals surface area contributed by atoms with Crippen molar-refractivity contribution in [2.75, 3.05) is 24.5 Å². The highest BCUT2D eigenvalue weighted by Crippen LogP contribution is 2.62. The van der Waals surface area contributed by atoms with Gasteiger partial charge in [-0.2, -0.15) is 5.10 Å². The molecule has 2 fully saturated rings. The Morgan fingerprint density at radius 3 is 3.00 bits per heavy atom. The molecule has 4 N–H and O–H groups in total. The van der Waals surface area contributed by atoms with Crippen molar-refractivity contribution < 1.29 is 9.32 Å². The van der Waals surface area contributed by atoms with E-state index in [-0.39, 0.29) is 11.3 Å². The summed E-state index contributed by atoms with van der Waals surface area (Å²) in [6.07, 6.45) is 2.84. The highest BCUT2D eigenvalue weighted by Gasteiger charge is 2.67. The molecule has 1 saturated carbocycles. The number of carbonyl (C=O) groups excluding carboxylic acids is 1. The number of anilines is 1. The summed E-state index contributed by atoms with van der Waals surface area (Å²) in [6.45, 7) is 4.72. The lowest BCUT2D eigenvalue weighted by Crippen LogP contribution is -2.32. The standard InChI is InChI=1S/C24H24N8O2/c1-12-7-18(31-34-12)24(11-25)16-5-6-32(10-17(16)24)19-9-26-21-20(29-30-22(21)28-19)13-3-2-4-14-15(13)8-27-23(14)33/h2-4,7,9,16-17H,5-6,8,10-11,25H2,1H3,(H,27,33)(H,28,29,30). The van der Waals surface area contributed by atoms with E-state index in [1.807, 2.05) is 37.4 Å². The highest BCUT2D eigenvalue weighted by molar-refractivity contribution is 6.01. The van der Waals surface area contributed by atoms with E-state index < -0.39 is 0 Å². The van der Waals surface area contributed by atoms with Crippen LogP contribution in [0.2, 0.25) is 0 Å². The number of nitrogens with one attached hydrogen (secondary N) is 2. The average Bonchev–Trinajstić information content (AvgIpc) is 3.24. The quantitative estimate of drug-likeness (QED) is 0.423. The van der Waals surface area contributed by atoms with E-state index in [0.29, 0.717) is 41.7 Å². The van der Waals surface area contributed by atoms with E-state index in [2.05, 4.69) is 25.6 Å². The number of rotatable bonds is 4. The molecule has 1 aromatic carbocycles. The van der Waals surface area contributed by atoms with Gasteiger partial charge in [-0.1, -0.05) is 17.3 Å². The van der Waals surface area contributed by atoms with Crippen LogP contribution in [-0.4, -0.2) is 50.9 Å². The Kier molecular flexibility index (Phi) is 3.97. The molecule has 5 heterocycles. The minimum atomic E-state index is -0.108. The summed E-state index contributed by atoms with van der Waals surface area (Å²) in [5, 5.41) is 14.7. The van der Waals surface area contributed by atoms with Crippen molar-refractivity contribution in [3.05, 3.63) is 53.0 Å². The molecule has 7 rings (SSSR count). The molecule has 3 unspecified atom stereocenters. The Hall–Kier alpha value is -3.79. The summed E-state index contributed by atoms with van der Waals surface area (Å²) in [7, 11) is 0. The van der Waals surface area contributed by atoms with Crippen molar-refractivity contribution in [3.8, 4) is 11.3 Å². The maximum absolute atomic E-state index is 12.1. The molecule has 10 nitrogen and oxygen atoms in total. The number of benzene rings is 1. The second kappa shape index (κ2) is 6.86. The van der Waals surface area contributed by atoms with Crippen LogP contribution in [-0.2, 0) is 12.0 Å². The lowest BCUT2D eigenvalue weighted by Gasteiger charge is -2.26. The fourth-order valence-electron chi connectivity index (χ4n) is 6.17. The third-order valence-electron chi connectivity index (χ3n) is 7.96. The highest BCUT2D eigenvalue weighted by atomic mass is 16.5. The Morgan fingerprint density at radius 2 is 2.18 bits per heavy atom. The average molecular weight is 457 g/mol. The van der Waals surface area contributed by atoms with Crippen LogP contribution in [0.4, 0.5) is 5.82 Å². The van der Waals surface area contributed by atoms with Gasteiger partial charge in [-0.3, -0.25) is 9.89 Å². The second-order valence-electron chi connectivity index (χ2n) is 9.53. The molecule has 2 aliphatic heterocycles. The third-order valence-corrected chi connectivity index (χ3v) is 7.96. The number of nitrogens with zero attached hydrogens (tertiary/aromatic N) is 5. The van der Waals surface area contributed by atoms with Crippen molar-refractivity contribution in [3.63, 3.8) is 0 Å². The second-order valence-corrected chi connectivity index (χ2v) is 9.53. The maximum atomic E-state index is 12.1. The number of aromatic amines is 1. The fraction of sp³-hybridized carbons (Fsp3) is 0.375. The number of amides is 1. The van der Waals surface area contributed by atoms with E-state index in [1.165, 1.54) is 0 Å². The number of nitrogens with two attached hydrogens (primary N) is 1. The Bertz CT molecular complexity index is 1460. The van der Waals surface area contributed by atoms with Gasteiger partial charge in [0.15, 0.2) is 0 Å². The van der Waals surface area contributed by atoms with Gasteiger partial charge >= 0.3 is 0 Å². The third kappa shape index (κ3) is 2.57. The van der Waals surface area contributed by atoms with Gasteiger partial charge < -0.3 is 20.5 Å². The summed E-state index contributed by atoms with van der Waals surface area (Å²) < 4.78 is 5.35. The number of aryl methyl sites for hydroxylation is 1. The largest absolute Gasteiger partial charge is 0.361 e. The predicted molar refractivity (Wildman–Crippen MR) is 124 cm³/mol. The Morgan fingerprint density at radius 1 is 1.29 bits per heavy atom. The first kappa shape index (κ1) is 19.7. The Labute approximate surface area is 194 Å². The fourth-order valence-corrected chi connectivity index (χ4v) is 6.17. The monoisotopic (exact) mass is 456 g/mol. The van der Waals surface area contributed by atoms with Crippen molar-refractivity contribution in [2.45, 2.75) is 25.3 Å². The van der Waals surface area contributed by atoms with Gasteiger partial charge in [-0.15, -0.1) is 0 Å². The zero-order chi connectivity index (χ0) is 23.0. The molecule has 172 valence electrons. The van der Waals surface area contributed by atoms with Crippen LogP contribution in [0.25, 0.3) is 22.4 Å². The minimum absolute atomic E-state index is 0.0492. The van der Waals surface area contributed by atoms with Crippen molar-refractivity contribution in [1.82, 2.24) is 30.6 Å². The van der Waals surface area contributed by atoms with E-state index in [0.717, 1.165) is 53.6 Å². The summed E-state index contributed by atoms with van der Waals surface area (Å²) >= 11 is 0. The molecule has 0 bridgehead atoms. The molecular weight excluding hydrogens is 432 g/mol. The number of H-pyrrole nitrogens is 1. The van der Waals surface area contributed by atoms with E-state index >= 15 is 0 Å². The normalized spacial score (nSPS) is 25.4. The smallest absolute Gasteiger partial charge is 0.251 e. The van der Waals surface area contributed by atoms with E-state index in [1.54, 1.807) is 0 Å². The molecule has 34 heavy (non-hydrogen) atoms. The van der Waals surface area contributed by atoms with E-state index in [9.17, 15) is 4.79 Å². The first-order valence-electron chi connectivity index (χ1n) is 11.6. The van der Waals surface area contributed by atoms with Crippen molar-refractivity contribution in [1.29, 1.82) is 0 Å². The molecule has 1 aliphatic carbocycles. The van der Waals surface area contributed by atoms with Gasteiger partial charge in [0, 0.05) is 48.8 Å². The number of fused-ring (bicyclic) bond motifs is 3. The molecule has 0 spiro atoms. The lowest BCUT2D eigenvalue weighted by atomic mass is 9.97. The minimum Gasteiger partial charge on any atom is -0.361 e. The molecule has 1 amide bonds. The van der Waals surface area contributed by atoms with Crippen LogP contribution < -0.4 is 16.0 Å². The molecule has 3 atom stereocenters. The lowest BCUT2D eigenvalue weighted by molar-refractivity contribution is 0.0965. The molecule has 0 radical (unpaired) electrons. The topological polar surface area (TPSA) is 139 Å². The first-order valence-corrected chi connectivity index (χ1v) is 11.6. The van der Waals surface area contributed by atoms with Crippen molar-refractivity contribution >= 4 is 22.9 Å². The van der Waals surface area contributed by atoms with Gasteiger partial charge in [0.2, 0.25) is 5.65 Å². The summed E-state index contributed by atoms with van der Waals surface area (Å²) in [5.74, 6) is 2.52. The number of hydrogen-bond acceptors (Lipinski definition) is 8. The SMILES string of the molecule is Cc1cc(C2(CN)C3CCN(c4cnc5c(-c6cccc7c6CNC7=O)[nH]nc5n4)CC32)no1. The summed E-state index contributed by atoms with van der Waals surface area (Å²) in [4.78, 5) is 23.9. The molecule has 4 aromatic rings. The van der Waals surface area contributed by atoms with Gasteiger partial charge in [0.25, 0.3) is 5.91 Å². The predicted octanol–water partition coefficient (Wildman–Crippen LogP) is 1.91. The molecule has 3 aliphatic rings. The number of aromatic nitrogens is 5. The maximum Gasteiger partial charge on any atom is 0.251 e. The number of carbonyl (C=O) groups is 1. The summed E-state index contributed by atoms with van der Waals surface area (Å²) in [6, 6.07) is 7.73. The van der Waals surface area contributed by atoms with Crippen LogP contribution in [0, 0.1) is 18.8 Å². The van der Waals surface area contributed by atoms with Gasteiger partial charge in [-0.25, -0.2) is 9.97 Å². The zero-order valence-electron chi connectivity index (χ0n) is 18.7. The van der Waals surface area contributed by atoms with Crippen LogP contribution >= 0.6 is 0 Å². The Balaban J connectivity index is 1.19. The van der Waals surface area contributed by atoms with Crippen LogP contribution in [0.15, 0.2) is 35.0 Å². The summed E-state index contributed by atoms with van der Waals surface area (Å²) in [5.41, 5.74) is 11.8. The molecule has 3 aromatic heterocycles. The number of piperidine rings is 1. The van der Waals surface area contributed by atoms with E-state index in [4.69, 9.17) is 20.2 Å². The van der Waals surface area contributed by atoms with Crippen LogP contribution in [0.1, 0.15) is 33.8 Å². The van der Waals surface area contributed by atoms with Crippen LogP contribution in [0.3, 0.4) is 0 Å². The molecule has 1 saturated heterocycles. The van der Waals surface area contributed by atoms with Gasteiger partial charge in [-0.05, 0) is 36.8 Å². The zero-order valence-corrected chi connectivity index (χ0v) is 18.7. The molecular formula is C24H24N8O2. The number of hydrogen-bond donors (Lipinski definition) is 3. The van der Waals surface area contributed by atoms with Gasteiger partial charge in [0.1, 0.15) is 17.1 Å². The molecule has 10 heteroatoms.